The van der Waals surface area contributed by atoms with Gasteiger partial charge in [-0.1, -0.05) is 47.1 Å². The number of hydrogen-bond acceptors (Lipinski definition) is 2. The van der Waals surface area contributed by atoms with Crippen molar-refractivity contribution in [1.29, 1.82) is 0 Å². The number of anilines is 1. The minimum atomic E-state index is 0.746. The molecule has 0 aliphatic heterocycles. The second-order valence-corrected chi connectivity index (χ2v) is 5.64. The summed E-state index contributed by atoms with van der Waals surface area (Å²) in [5.41, 5.74) is 3.55. The van der Waals surface area contributed by atoms with Gasteiger partial charge in [-0.3, -0.25) is 0 Å². The predicted molar refractivity (Wildman–Crippen MR) is 88.4 cm³/mol. The maximum absolute atomic E-state index is 5.75. The molecule has 0 spiro atoms. The average Bonchev–Trinajstić information content (AvgIpc) is 2.47. The molecule has 0 saturated carbocycles. The van der Waals surface area contributed by atoms with Crippen molar-refractivity contribution >= 4 is 21.6 Å². The zero-order valence-electron chi connectivity index (χ0n) is 11.9. The first-order chi connectivity index (χ1) is 9.70. The summed E-state index contributed by atoms with van der Waals surface area (Å²) in [6.07, 6.45) is 1.01. The number of hydrogen-bond donors (Lipinski definition) is 1. The van der Waals surface area contributed by atoms with Crippen LogP contribution in [0.2, 0.25) is 0 Å². The zero-order valence-corrected chi connectivity index (χ0v) is 13.5. The van der Waals surface area contributed by atoms with Gasteiger partial charge in [0, 0.05) is 11.0 Å². The van der Waals surface area contributed by atoms with Crippen molar-refractivity contribution in [3.8, 4) is 5.75 Å². The van der Waals surface area contributed by atoms with Gasteiger partial charge in [0.15, 0.2) is 0 Å². The van der Waals surface area contributed by atoms with Crippen LogP contribution in [0.3, 0.4) is 0 Å². The van der Waals surface area contributed by atoms with Crippen molar-refractivity contribution in [3.05, 3.63) is 58.1 Å². The fourth-order valence-electron chi connectivity index (χ4n) is 1.96. The van der Waals surface area contributed by atoms with E-state index >= 15 is 0 Å². The molecule has 0 heterocycles. The number of benzene rings is 2. The number of ether oxygens (including phenoxy) is 1. The van der Waals surface area contributed by atoms with E-state index in [1.165, 1.54) is 11.1 Å². The molecule has 2 aromatic rings. The normalized spacial score (nSPS) is 10.3. The van der Waals surface area contributed by atoms with Gasteiger partial charge in [0.05, 0.1) is 12.3 Å². The van der Waals surface area contributed by atoms with Gasteiger partial charge in [-0.2, -0.15) is 0 Å². The van der Waals surface area contributed by atoms with E-state index in [1.807, 2.05) is 18.2 Å². The summed E-state index contributed by atoms with van der Waals surface area (Å²) >= 11 is 3.53. The van der Waals surface area contributed by atoms with E-state index in [0.717, 1.165) is 35.5 Å². The van der Waals surface area contributed by atoms with Crippen LogP contribution >= 0.6 is 15.9 Å². The fraction of sp³-hybridized carbons (Fsp3) is 0.294. The molecule has 0 aliphatic rings. The Morgan fingerprint density at radius 3 is 2.70 bits per heavy atom. The maximum Gasteiger partial charge on any atom is 0.142 e. The third-order valence-corrected chi connectivity index (χ3v) is 3.94. The van der Waals surface area contributed by atoms with E-state index in [2.05, 4.69) is 59.4 Å². The van der Waals surface area contributed by atoms with Crippen LogP contribution in [0.4, 0.5) is 5.69 Å². The molecule has 2 nitrogen and oxygen atoms in total. The van der Waals surface area contributed by atoms with Crippen molar-refractivity contribution in [2.75, 3.05) is 11.9 Å². The molecule has 106 valence electrons. The molecule has 2 aromatic carbocycles. The summed E-state index contributed by atoms with van der Waals surface area (Å²) in [5.74, 6) is 0.920. The minimum absolute atomic E-state index is 0.746. The van der Waals surface area contributed by atoms with Crippen molar-refractivity contribution < 1.29 is 4.74 Å². The standard InChI is InChI=1S/C17H20BrNO/c1-3-10-20-17-7-5-4-6-16(17)19-12-14-8-9-15(18)13(2)11-14/h4-9,11,19H,3,10,12H2,1-2H3. The van der Waals surface area contributed by atoms with Gasteiger partial charge in [0.2, 0.25) is 0 Å². The van der Waals surface area contributed by atoms with Gasteiger partial charge < -0.3 is 10.1 Å². The monoisotopic (exact) mass is 333 g/mol. The number of halogens is 1. The van der Waals surface area contributed by atoms with Crippen molar-refractivity contribution in [3.63, 3.8) is 0 Å². The van der Waals surface area contributed by atoms with Crippen LogP contribution < -0.4 is 10.1 Å². The second kappa shape index (κ2) is 7.34. The molecule has 1 N–H and O–H groups in total. The van der Waals surface area contributed by atoms with E-state index < -0.39 is 0 Å². The lowest BCUT2D eigenvalue weighted by Crippen LogP contribution is -2.03. The summed E-state index contributed by atoms with van der Waals surface area (Å²) in [5, 5.41) is 3.44. The summed E-state index contributed by atoms with van der Waals surface area (Å²) < 4.78 is 6.89. The van der Waals surface area contributed by atoms with Crippen LogP contribution in [-0.2, 0) is 6.54 Å². The highest BCUT2D eigenvalue weighted by Crippen LogP contribution is 2.25. The van der Waals surface area contributed by atoms with E-state index in [9.17, 15) is 0 Å². The summed E-state index contributed by atoms with van der Waals surface area (Å²) in [6.45, 7) is 5.75. The van der Waals surface area contributed by atoms with E-state index in [4.69, 9.17) is 4.74 Å². The summed E-state index contributed by atoms with van der Waals surface area (Å²) in [7, 11) is 0. The van der Waals surface area contributed by atoms with Gasteiger partial charge >= 0.3 is 0 Å². The first-order valence-electron chi connectivity index (χ1n) is 6.91. The molecule has 3 heteroatoms. The van der Waals surface area contributed by atoms with Gasteiger partial charge in [-0.25, -0.2) is 0 Å². The summed E-state index contributed by atoms with van der Waals surface area (Å²) in [4.78, 5) is 0. The number of rotatable bonds is 6. The maximum atomic E-state index is 5.75. The highest BCUT2D eigenvalue weighted by Gasteiger charge is 2.03. The lowest BCUT2D eigenvalue weighted by atomic mass is 10.1. The molecule has 0 aromatic heterocycles. The number of aryl methyl sites for hydroxylation is 1. The van der Waals surface area contributed by atoms with Crippen molar-refractivity contribution in [2.24, 2.45) is 0 Å². The lowest BCUT2D eigenvalue weighted by molar-refractivity contribution is 0.319. The molecule has 20 heavy (non-hydrogen) atoms. The SMILES string of the molecule is CCCOc1ccccc1NCc1ccc(Br)c(C)c1. The third kappa shape index (κ3) is 4.01. The highest BCUT2D eigenvalue weighted by atomic mass is 79.9. The van der Waals surface area contributed by atoms with E-state index in [-0.39, 0.29) is 0 Å². The molecule has 0 saturated heterocycles. The Morgan fingerprint density at radius 1 is 1.15 bits per heavy atom. The molecule has 0 radical (unpaired) electrons. The van der Waals surface area contributed by atoms with Crippen LogP contribution in [0.15, 0.2) is 46.9 Å². The Kier molecular flexibility index (Phi) is 5.48. The van der Waals surface area contributed by atoms with Crippen LogP contribution in [-0.4, -0.2) is 6.61 Å². The molecule has 0 unspecified atom stereocenters. The van der Waals surface area contributed by atoms with Gasteiger partial charge in [0.1, 0.15) is 5.75 Å². The summed E-state index contributed by atoms with van der Waals surface area (Å²) in [6, 6.07) is 14.5. The quantitative estimate of drug-likeness (QED) is 0.788. The third-order valence-electron chi connectivity index (χ3n) is 3.05. The number of para-hydroxylation sites is 2. The Labute approximate surface area is 129 Å². The average molecular weight is 334 g/mol. The van der Waals surface area contributed by atoms with Crippen molar-refractivity contribution in [2.45, 2.75) is 26.8 Å². The van der Waals surface area contributed by atoms with Crippen LogP contribution in [0.5, 0.6) is 5.75 Å². The van der Waals surface area contributed by atoms with Crippen LogP contribution in [0, 0.1) is 6.92 Å². The topological polar surface area (TPSA) is 21.3 Å². The predicted octanol–water partition coefficient (Wildman–Crippen LogP) is 5.16. The molecule has 0 atom stereocenters. The van der Waals surface area contributed by atoms with E-state index in [1.54, 1.807) is 0 Å². The lowest BCUT2D eigenvalue weighted by Gasteiger charge is -2.13. The Balaban J connectivity index is 2.04. The van der Waals surface area contributed by atoms with Gasteiger partial charge in [-0.05, 0) is 42.7 Å². The molecule has 0 fully saturated rings. The molecular formula is C17H20BrNO. The van der Waals surface area contributed by atoms with Gasteiger partial charge in [0.25, 0.3) is 0 Å². The largest absolute Gasteiger partial charge is 0.491 e. The van der Waals surface area contributed by atoms with Crippen LogP contribution in [0.25, 0.3) is 0 Å². The smallest absolute Gasteiger partial charge is 0.142 e. The highest BCUT2D eigenvalue weighted by molar-refractivity contribution is 9.10. The number of nitrogens with one attached hydrogen (secondary N) is 1. The molecular weight excluding hydrogens is 314 g/mol. The zero-order chi connectivity index (χ0) is 14.4. The fourth-order valence-corrected chi connectivity index (χ4v) is 2.21. The second-order valence-electron chi connectivity index (χ2n) is 4.78. The first kappa shape index (κ1) is 14.9. The van der Waals surface area contributed by atoms with E-state index in [0.29, 0.717) is 0 Å². The van der Waals surface area contributed by atoms with Gasteiger partial charge in [-0.15, -0.1) is 0 Å². The first-order valence-corrected chi connectivity index (χ1v) is 7.70. The van der Waals surface area contributed by atoms with Crippen molar-refractivity contribution in [1.82, 2.24) is 0 Å². The Bertz CT molecular complexity index is 569. The molecule has 0 bridgehead atoms. The Morgan fingerprint density at radius 2 is 1.95 bits per heavy atom. The molecule has 2 rings (SSSR count). The van der Waals surface area contributed by atoms with Crippen LogP contribution in [0.1, 0.15) is 24.5 Å². The molecule has 0 amide bonds. The molecule has 0 aliphatic carbocycles. The Hall–Kier alpha value is -1.48. The minimum Gasteiger partial charge on any atom is -0.491 e.